The van der Waals surface area contributed by atoms with Crippen LogP contribution in [0.4, 0.5) is 0 Å². The van der Waals surface area contributed by atoms with Gasteiger partial charge in [0, 0.05) is 19.2 Å². The molecule has 1 fully saturated rings. The smallest absolute Gasteiger partial charge is 0.279 e. The van der Waals surface area contributed by atoms with Crippen LogP contribution in [0.25, 0.3) is 0 Å². The normalized spacial score (nSPS) is 21.6. The van der Waals surface area contributed by atoms with Crippen LogP contribution in [0.15, 0.2) is 16.9 Å². The van der Waals surface area contributed by atoms with Gasteiger partial charge in [0.05, 0.1) is 12.2 Å². The molecular formula is C11H20N4O3S. The van der Waals surface area contributed by atoms with E-state index in [9.17, 15) is 8.42 Å². The fourth-order valence-electron chi connectivity index (χ4n) is 2.29. The molecule has 8 heteroatoms. The number of nitrogens with zero attached hydrogens (tertiary/aromatic N) is 2. The molecule has 2 heterocycles. The summed E-state index contributed by atoms with van der Waals surface area (Å²) < 4.78 is 33.1. The maximum absolute atomic E-state index is 12.2. The number of rotatable bonds is 6. The highest BCUT2D eigenvalue weighted by Crippen LogP contribution is 2.18. The molecule has 0 radical (unpaired) electrons. The van der Waals surface area contributed by atoms with Gasteiger partial charge in [-0.2, -0.15) is 17.4 Å². The highest BCUT2D eigenvalue weighted by atomic mass is 32.2. The van der Waals surface area contributed by atoms with Crippen molar-refractivity contribution in [3.05, 3.63) is 18.0 Å². The maximum Gasteiger partial charge on any atom is 0.279 e. The summed E-state index contributed by atoms with van der Waals surface area (Å²) in [6.45, 7) is 2.14. The summed E-state index contributed by atoms with van der Waals surface area (Å²) in [5, 5.41) is 6.78. The molecule has 0 spiro atoms. The van der Waals surface area contributed by atoms with Gasteiger partial charge in [-0.15, -0.1) is 0 Å². The van der Waals surface area contributed by atoms with Gasteiger partial charge < -0.3 is 9.84 Å². The van der Waals surface area contributed by atoms with E-state index in [0.717, 1.165) is 19.4 Å². The summed E-state index contributed by atoms with van der Waals surface area (Å²) in [7, 11) is -1.55. The fourth-order valence-corrected chi connectivity index (χ4v) is 3.58. The summed E-state index contributed by atoms with van der Waals surface area (Å²) in [4.78, 5) is 0. The van der Waals surface area contributed by atoms with Gasteiger partial charge in [0.1, 0.15) is 6.26 Å². The molecule has 1 aromatic rings. The van der Waals surface area contributed by atoms with Crippen molar-refractivity contribution in [1.29, 1.82) is 0 Å². The van der Waals surface area contributed by atoms with Crippen molar-refractivity contribution in [3.63, 3.8) is 0 Å². The first kappa shape index (κ1) is 14.4. The Labute approximate surface area is 113 Å². The average Bonchev–Trinajstić information content (AvgIpc) is 2.90. The van der Waals surface area contributed by atoms with Gasteiger partial charge in [-0.25, -0.2) is 0 Å². The third kappa shape index (κ3) is 4.00. The second-order valence-electron chi connectivity index (χ2n) is 4.74. The SMILES string of the molecule is CNCC1CCCN(S(=O)(=O)NCc2ccon2)C1. The van der Waals surface area contributed by atoms with Gasteiger partial charge in [-0.3, -0.25) is 0 Å². The van der Waals surface area contributed by atoms with Crippen molar-refractivity contribution in [2.45, 2.75) is 19.4 Å². The Bertz CT molecular complexity index is 472. The fraction of sp³-hybridized carbons (Fsp3) is 0.727. The Morgan fingerprint density at radius 2 is 2.42 bits per heavy atom. The molecule has 19 heavy (non-hydrogen) atoms. The monoisotopic (exact) mass is 288 g/mol. The molecule has 0 saturated carbocycles. The number of piperidine rings is 1. The van der Waals surface area contributed by atoms with E-state index in [-0.39, 0.29) is 6.54 Å². The third-order valence-electron chi connectivity index (χ3n) is 3.24. The molecule has 1 aromatic heterocycles. The van der Waals surface area contributed by atoms with Gasteiger partial charge in [-0.1, -0.05) is 5.16 Å². The number of aromatic nitrogens is 1. The highest BCUT2D eigenvalue weighted by Gasteiger charge is 2.28. The molecule has 108 valence electrons. The molecule has 0 aliphatic carbocycles. The molecule has 1 aliphatic heterocycles. The van der Waals surface area contributed by atoms with Crippen molar-refractivity contribution in [3.8, 4) is 0 Å². The van der Waals surface area contributed by atoms with E-state index in [1.54, 1.807) is 6.07 Å². The summed E-state index contributed by atoms with van der Waals surface area (Å²) in [5.41, 5.74) is 0.576. The predicted molar refractivity (Wildman–Crippen MR) is 70.5 cm³/mol. The Kier molecular flexibility index (Phi) is 4.92. The van der Waals surface area contributed by atoms with Crippen LogP contribution < -0.4 is 10.0 Å². The Morgan fingerprint density at radius 3 is 3.11 bits per heavy atom. The summed E-state index contributed by atoms with van der Waals surface area (Å²) in [6, 6.07) is 1.64. The molecular weight excluding hydrogens is 268 g/mol. The first-order chi connectivity index (χ1) is 9.12. The molecule has 1 aliphatic rings. The van der Waals surface area contributed by atoms with Crippen molar-refractivity contribution < 1.29 is 12.9 Å². The first-order valence-electron chi connectivity index (χ1n) is 6.40. The van der Waals surface area contributed by atoms with Crippen LogP contribution in [0.5, 0.6) is 0 Å². The lowest BCUT2D eigenvalue weighted by Crippen LogP contribution is -2.47. The first-order valence-corrected chi connectivity index (χ1v) is 7.84. The minimum atomic E-state index is -3.44. The number of hydrogen-bond donors (Lipinski definition) is 2. The third-order valence-corrected chi connectivity index (χ3v) is 4.76. The summed E-state index contributed by atoms with van der Waals surface area (Å²) >= 11 is 0. The van der Waals surface area contributed by atoms with E-state index in [1.807, 2.05) is 7.05 Å². The lowest BCUT2D eigenvalue weighted by molar-refractivity contribution is 0.260. The van der Waals surface area contributed by atoms with E-state index in [4.69, 9.17) is 0 Å². The van der Waals surface area contributed by atoms with Crippen LogP contribution in [0.1, 0.15) is 18.5 Å². The number of nitrogens with one attached hydrogen (secondary N) is 2. The topological polar surface area (TPSA) is 87.5 Å². The minimum Gasteiger partial charge on any atom is -0.364 e. The van der Waals surface area contributed by atoms with Gasteiger partial charge in [0.2, 0.25) is 0 Å². The molecule has 1 atom stereocenters. The van der Waals surface area contributed by atoms with E-state index in [1.165, 1.54) is 10.6 Å². The van der Waals surface area contributed by atoms with Crippen LogP contribution in [-0.4, -0.2) is 44.6 Å². The van der Waals surface area contributed by atoms with Crippen LogP contribution >= 0.6 is 0 Å². The molecule has 0 amide bonds. The Balaban J connectivity index is 1.91. The van der Waals surface area contributed by atoms with Crippen molar-refractivity contribution in [2.24, 2.45) is 5.92 Å². The Morgan fingerprint density at radius 1 is 1.58 bits per heavy atom. The number of hydrogen-bond acceptors (Lipinski definition) is 5. The maximum atomic E-state index is 12.2. The zero-order valence-electron chi connectivity index (χ0n) is 11.0. The molecule has 2 rings (SSSR count). The van der Waals surface area contributed by atoms with Crippen LogP contribution in [-0.2, 0) is 16.8 Å². The average molecular weight is 288 g/mol. The van der Waals surface area contributed by atoms with Gasteiger partial charge in [0.15, 0.2) is 0 Å². The molecule has 1 saturated heterocycles. The standard InChI is InChI=1S/C11H20N4O3S/c1-12-7-10-3-2-5-15(9-10)19(16,17)13-8-11-4-6-18-14-11/h4,6,10,12-13H,2-3,5,7-9H2,1H3. The van der Waals surface area contributed by atoms with Crippen LogP contribution in [0.3, 0.4) is 0 Å². The van der Waals surface area contributed by atoms with Crippen molar-refractivity contribution in [1.82, 2.24) is 19.5 Å². The van der Waals surface area contributed by atoms with Gasteiger partial charge >= 0.3 is 0 Å². The molecule has 7 nitrogen and oxygen atoms in total. The van der Waals surface area contributed by atoms with E-state index in [2.05, 4.69) is 19.7 Å². The largest absolute Gasteiger partial charge is 0.364 e. The molecule has 1 unspecified atom stereocenters. The lowest BCUT2D eigenvalue weighted by Gasteiger charge is -2.31. The highest BCUT2D eigenvalue weighted by molar-refractivity contribution is 7.87. The van der Waals surface area contributed by atoms with Crippen LogP contribution in [0.2, 0.25) is 0 Å². The van der Waals surface area contributed by atoms with Crippen molar-refractivity contribution in [2.75, 3.05) is 26.7 Å². The van der Waals surface area contributed by atoms with Gasteiger partial charge in [0.25, 0.3) is 10.2 Å². The quantitative estimate of drug-likeness (QED) is 0.766. The second-order valence-corrected chi connectivity index (χ2v) is 6.50. The summed E-state index contributed by atoms with van der Waals surface area (Å²) in [5.74, 6) is 0.377. The molecule has 0 bridgehead atoms. The van der Waals surface area contributed by atoms with E-state index >= 15 is 0 Å². The minimum absolute atomic E-state index is 0.159. The van der Waals surface area contributed by atoms with Gasteiger partial charge in [-0.05, 0) is 32.4 Å². The zero-order valence-corrected chi connectivity index (χ0v) is 11.8. The van der Waals surface area contributed by atoms with Crippen LogP contribution in [0, 0.1) is 5.92 Å². The molecule has 2 N–H and O–H groups in total. The summed E-state index contributed by atoms with van der Waals surface area (Å²) in [6.07, 6.45) is 3.39. The predicted octanol–water partition coefficient (Wildman–Crippen LogP) is -0.0596. The van der Waals surface area contributed by atoms with E-state index in [0.29, 0.717) is 24.7 Å². The zero-order chi connectivity index (χ0) is 13.7. The Hall–Kier alpha value is -0.960. The van der Waals surface area contributed by atoms with E-state index < -0.39 is 10.2 Å². The lowest BCUT2D eigenvalue weighted by atomic mass is 10.00. The van der Waals surface area contributed by atoms with Crippen molar-refractivity contribution >= 4 is 10.2 Å². The molecule has 0 aromatic carbocycles. The second kappa shape index (κ2) is 6.47.